The second-order valence-electron chi connectivity index (χ2n) is 4.97. The number of aromatic nitrogens is 2. The van der Waals surface area contributed by atoms with Crippen LogP contribution in [0.3, 0.4) is 0 Å². The van der Waals surface area contributed by atoms with Crippen LogP contribution in [0.1, 0.15) is 38.4 Å². The van der Waals surface area contributed by atoms with Gasteiger partial charge in [-0.05, 0) is 34.8 Å². The van der Waals surface area contributed by atoms with Gasteiger partial charge in [0.1, 0.15) is 11.6 Å². The van der Waals surface area contributed by atoms with Gasteiger partial charge < -0.3 is 4.57 Å². The van der Waals surface area contributed by atoms with Gasteiger partial charge in [-0.3, -0.25) is 0 Å². The van der Waals surface area contributed by atoms with E-state index in [0.717, 1.165) is 29.8 Å². The number of halogens is 3. The van der Waals surface area contributed by atoms with E-state index in [9.17, 15) is 4.39 Å². The molecule has 19 heavy (non-hydrogen) atoms. The van der Waals surface area contributed by atoms with Crippen molar-refractivity contribution < 1.29 is 4.39 Å². The minimum Gasteiger partial charge on any atom is -0.326 e. The molecule has 0 bridgehead atoms. The minimum absolute atomic E-state index is 0.196. The standard InChI is InChI=1S/C14H17BrClFN2/c1-4-8(2)7-19-13-6-11(17)10(15)5-12(13)18-14(19)9(3)16/h5-6,8-9H,4,7H2,1-3H3. The summed E-state index contributed by atoms with van der Waals surface area (Å²) >= 11 is 9.39. The molecule has 1 aromatic heterocycles. The lowest BCUT2D eigenvalue weighted by Crippen LogP contribution is -2.10. The van der Waals surface area contributed by atoms with Crippen molar-refractivity contribution in [1.82, 2.24) is 9.55 Å². The number of fused-ring (bicyclic) bond motifs is 1. The summed E-state index contributed by atoms with van der Waals surface area (Å²) in [5.74, 6) is 1.03. The van der Waals surface area contributed by atoms with Crippen molar-refractivity contribution in [2.45, 2.75) is 39.1 Å². The van der Waals surface area contributed by atoms with E-state index >= 15 is 0 Å². The largest absolute Gasteiger partial charge is 0.326 e. The molecule has 2 unspecified atom stereocenters. The van der Waals surface area contributed by atoms with Crippen molar-refractivity contribution in [2.75, 3.05) is 0 Å². The molecule has 0 saturated carbocycles. The summed E-state index contributed by atoms with van der Waals surface area (Å²) in [6, 6.07) is 3.23. The Morgan fingerprint density at radius 1 is 1.42 bits per heavy atom. The lowest BCUT2D eigenvalue weighted by Gasteiger charge is -2.14. The fourth-order valence-corrected chi connectivity index (χ4v) is 2.57. The van der Waals surface area contributed by atoms with Crippen LogP contribution in [-0.4, -0.2) is 9.55 Å². The molecular weight excluding hydrogens is 331 g/mol. The van der Waals surface area contributed by atoms with Gasteiger partial charge in [0.15, 0.2) is 0 Å². The van der Waals surface area contributed by atoms with Crippen LogP contribution in [0.25, 0.3) is 11.0 Å². The van der Waals surface area contributed by atoms with Gasteiger partial charge in [0.05, 0.1) is 20.9 Å². The van der Waals surface area contributed by atoms with Crippen LogP contribution in [-0.2, 0) is 6.54 Å². The second-order valence-corrected chi connectivity index (χ2v) is 6.47. The molecule has 0 spiro atoms. The Bertz CT molecular complexity index is 595. The maximum absolute atomic E-state index is 13.7. The first kappa shape index (κ1) is 14.8. The Hall–Kier alpha value is -0.610. The van der Waals surface area contributed by atoms with Crippen molar-refractivity contribution in [1.29, 1.82) is 0 Å². The summed E-state index contributed by atoms with van der Waals surface area (Å²) in [4.78, 5) is 4.54. The molecule has 2 aromatic rings. The first-order valence-electron chi connectivity index (χ1n) is 6.43. The SMILES string of the molecule is CCC(C)Cn1c(C(C)Cl)nc2cc(Br)c(F)cc21. The summed E-state index contributed by atoms with van der Waals surface area (Å²) in [6.45, 7) is 7.01. The van der Waals surface area contributed by atoms with Crippen LogP contribution in [0.5, 0.6) is 0 Å². The zero-order valence-electron chi connectivity index (χ0n) is 11.3. The van der Waals surface area contributed by atoms with Gasteiger partial charge in [0.2, 0.25) is 0 Å². The number of imidazole rings is 1. The highest BCUT2D eigenvalue weighted by Crippen LogP contribution is 2.29. The lowest BCUT2D eigenvalue weighted by molar-refractivity contribution is 0.465. The van der Waals surface area contributed by atoms with Crippen LogP contribution >= 0.6 is 27.5 Å². The normalized spacial score (nSPS) is 14.8. The topological polar surface area (TPSA) is 17.8 Å². The fraction of sp³-hybridized carbons (Fsp3) is 0.500. The van der Waals surface area contributed by atoms with Crippen LogP contribution in [0.15, 0.2) is 16.6 Å². The first-order chi connectivity index (χ1) is 8.93. The Balaban J connectivity index is 2.62. The molecular formula is C14H17BrClFN2. The predicted molar refractivity (Wildman–Crippen MR) is 81.1 cm³/mol. The average Bonchev–Trinajstić information content (AvgIpc) is 2.68. The zero-order chi connectivity index (χ0) is 14.2. The van der Waals surface area contributed by atoms with E-state index in [1.54, 1.807) is 6.07 Å². The summed E-state index contributed by atoms with van der Waals surface area (Å²) < 4.78 is 16.2. The molecule has 104 valence electrons. The van der Waals surface area contributed by atoms with Crippen LogP contribution in [0.2, 0.25) is 0 Å². The van der Waals surface area contributed by atoms with Gasteiger partial charge in [0.25, 0.3) is 0 Å². The van der Waals surface area contributed by atoms with Crippen molar-refractivity contribution in [3.05, 3.63) is 28.2 Å². The van der Waals surface area contributed by atoms with Gasteiger partial charge in [-0.1, -0.05) is 20.3 Å². The number of hydrogen-bond donors (Lipinski definition) is 0. The molecule has 0 amide bonds. The Morgan fingerprint density at radius 3 is 2.68 bits per heavy atom. The van der Waals surface area contributed by atoms with E-state index in [-0.39, 0.29) is 11.2 Å². The van der Waals surface area contributed by atoms with Crippen LogP contribution in [0, 0.1) is 11.7 Å². The second kappa shape index (κ2) is 5.80. The van der Waals surface area contributed by atoms with Crippen molar-refractivity contribution in [3.8, 4) is 0 Å². The van der Waals surface area contributed by atoms with E-state index in [4.69, 9.17) is 11.6 Å². The molecule has 0 aliphatic rings. The monoisotopic (exact) mass is 346 g/mol. The van der Waals surface area contributed by atoms with Gasteiger partial charge >= 0.3 is 0 Å². The molecule has 0 radical (unpaired) electrons. The molecule has 0 N–H and O–H groups in total. The third kappa shape index (κ3) is 2.95. The smallest absolute Gasteiger partial charge is 0.139 e. The molecule has 0 aliphatic heterocycles. The van der Waals surface area contributed by atoms with Gasteiger partial charge in [-0.2, -0.15) is 0 Å². The van der Waals surface area contributed by atoms with Gasteiger partial charge in [-0.15, -0.1) is 11.6 Å². The molecule has 2 rings (SSSR count). The third-order valence-electron chi connectivity index (χ3n) is 3.37. The number of benzene rings is 1. The third-order valence-corrected chi connectivity index (χ3v) is 4.17. The van der Waals surface area contributed by atoms with Crippen LogP contribution in [0.4, 0.5) is 4.39 Å². The van der Waals surface area contributed by atoms with E-state index in [0.29, 0.717) is 10.4 Å². The van der Waals surface area contributed by atoms with Gasteiger partial charge in [-0.25, -0.2) is 9.37 Å². The lowest BCUT2D eigenvalue weighted by atomic mass is 10.1. The van der Waals surface area contributed by atoms with Crippen LogP contribution < -0.4 is 0 Å². The van der Waals surface area contributed by atoms with Crippen molar-refractivity contribution in [2.24, 2.45) is 5.92 Å². The van der Waals surface area contributed by atoms with E-state index in [1.807, 2.05) is 11.5 Å². The fourth-order valence-electron chi connectivity index (χ4n) is 2.08. The molecule has 0 aliphatic carbocycles. The Labute approximate surface area is 126 Å². The minimum atomic E-state index is -0.272. The Kier molecular flexibility index (Phi) is 4.51. The van der Waals surface area contributed by atoms with E-state index < -0.39 is 0 Å². The van der Waals surface area contributed by atoms with Crippen molar-refractivity contribution >= 4 is 38.6 Å². The maximum atomic E-state index is 13.7. The molecule has 0 fully saturated rings. The molecule has 0 saturated heterocycles. The number of rotatable bonds is 4. The molecule has 5 heteroatoms. The first-order valence-corrected chi connectivity index (χ1v) is 7.66. The van der Waals surface area contributed by atoms with E-state index in [1.165, 1.54) is 6.07 Å². The molecule has 1 heterocycles. The summed E-state index contributed by atoms with van der Waals surface area (Å²) in [5.41, 5.74) is 1.59. The highest BCUT2D eigenvalue weighted by Gasteiger charge is 2.17. The highest BCUT2D eigenvalue weighted by molar-refractivity contribution is 9.10. The number of hydrogen-bond acceptors (Lipinski definition) is 1. The average molecular weight is 348 g/mol. The molecule has 2 atom stereocenters. The number of alkyl halides is 1. The highest BCUT2D eigenvalue weighted by atomic mass is 79.9. The Morgan fingerprint density at radius 2 is 2.11 bits per heavy atom. The summed E-state index contributed by atoms with van der Waals surface area (Å²) in [7, 11) is 0. The summed E-state index contributed by atoms with van der Waals surface area (Å²) in [6.07, 6.45) is 1.06. The summed E-state index contributed by atoms with van der Waals surface area (Å²) in [5, 5.41) is -0.196. The quantitative estimate of drug-likeness (QED) is 0.688. The van der Waals surface area contributed by atoms with Crippen molar-refractivity contribution in [3.63, 3.8) is 0 Å². The predicted octanol–water partition coefficient (Wildman–Crippen LogP) is 5.28. The maximum Gasteiger partial charge on any atom is 0.139 e. The number of nitrogens with zero attached hydrogens (tertiary/aromatic N) is 2. The molecule has 2 nitrogen and oxygen atoms in total. The van der Waals surface area contributed by atoms with Gasteiger partial charge in [0, 0.05) is 12.6 Å². The zero-order valence-corrected chi connectivity index (χ0v) is 13.6. The molecule has 1 aromatic carbocycles. The van der Waals surface area contributed by atoms with E-state index in [2.05, 4.69) is 34.8 Å².